The number of nitrogens with zero attached hydrogens (tertiary/aromatic N) is 6. The Morgan fingerprint density at radius 3 is 1.44 bits per heavy atom. The molecular formula is C19H18N6. The summed E-state index contributed by atoms with van der Waals surface area (Å²) < 4.78 is 3.54. The fourth-order valence-corrected chi connectivity index (χ4v) is 2.61. The Balaban J connectivity index is 1.66. The van der Waals surface area contributed by atoms with Crippen LogP contribution in [-0.2, 0) is 5.41 Å². The Kier molecular flexibility index (Phi) is 3.65. The Morgan fingerprint density at radius 2 is 1.04 bits per heavy atom. The van der Waals surface area contributed by atoms with Gasteiger partial charge in [-0.05, 0) is 38.1 Å². The summed E-state index contributed by atoms with van der Waals surface area (Å²) in [5, 5.41) is 9.25. The molecule has 0 saturated carbocycles. The zero-order valence-electron chi connectivity index (χ0n) is 14.1. The van der Waals surface area contributed by atoms with Crippen LogP contribution in [0.4, 0.5) is 0 Å². The van der Waals surface area contributed by atoms with E-state index < -0.39 is 5.41 Å². The van der Waals surface area contributed by atoms with Gasteiger partial charge in [0, 0.05) is 0 Å². The van der Waals surface area contributed by atoms with Gasteiger partial charge >= 0.3 is 0 Å². The van der Waals surface area contributed by atoms with Crippen LogP contribution in [0.2, 0.25) is 0 Å². The highest BCUT2D eigenvalue weighted by Gasteiger charge is 2.32. The van der Waals surface area contributed by atoms with Crippen molar-refractivity contribution in [2.24, 2.45) is 0 Å². The fraction of sp³-hybridized carbons (Fsp3) is 0.158. The maximum atomic E-state index is 4.63. The number of aromatic nitrogens is 6. The van der Waals surface area contributed by atoms with Crippen LogP contribution in [0.15, 0.2) is 73.3 Å². The average molecular weight is 330 g/mol. The summed E-state index contributed by atoms with van der Waals surface area (Å²) >= 11 is 0. The minimum atomic E-state index is -0.500. The summed E-state index contributed by atoms with van der Waals surface area (Å²) in [4.78, 5) is 8.97. The smallest absolute Gasteiger partial charge is 0.164 e. The summed E-state index contributed by atoms with van der Waals surface area (Å²) in [5.41, 5.74) is 1.44. The third-order valence-electron chi connectivity index (χ3n) is 4.14. The highest BCUT2D eigenvalue weighted by molar-refractivity contribution is 5.31. The number of para-hydroxylation sites is 2. The molecule has 0 spiro atoms. The van der Waals surface area contributed by atoms with Gasteiger partial charge in [0.25, 0.3) is 0 Å². The molecule has 2 aromatic heterocycles. The molecule has 6 nitrogen and oxygen atoms in total. The molecule has 0 fully saturated rings. The highest BCUT2D eigenvalue weighted by atomic mass is 15.4. The van der Waals surface area contributed by atoms with Gasteiger partial charge in [-0.15, -0.1) is 0 Å². The van der Waals surface area contributed by atoms with Gasteiger partial charge in [0.1, 0.15) is 12.7 Å². The van der Waals surface area contributed by atoms with Gasteiger partial charge in [0.15, 0.2) is 11.6 Å². The van der Waals surface area contributed by atoms with Crippen LogP contribution in [-0.4, -0.2) is 29.5 Å². The van der Waals surface area contributed by atoms with Gasteiger partial charge in [0.2, 0.25) is 0 Å². The molecular weight excluding hydrogens is 312 g/mol. The van der Waals surface area contributed by atoms with E-state index in [0.29, 0.717) is 11.6 Å². The summed E-state index contributed by atoms with van der Waals surface area (Å²) in [5.74, 6) is 1.37. The second-order valence-corrected chi connectivity index (χ2v) is 6.32. The van der Waals surface area contributed by atoms with E-state index in [0.717, 1.165) is 11.4 Å². The molecule has 0 aliphatic heterocycles. The quantitative estimate of drug-likeness (QED) is 0.576. The molecule has 25 heavy (non-hydrogen) atoms. The Bertz CT molecular complexity index is 890. The number of rotatable bonds is 4. The van der Waals surface area contributed by atoms with Crippen LogP contribution in [0.5, 0.6) is 0 Å². The molecule has 0 N–H and O–H groups in total. The van der Waals surface area contributed by atoms with Crippen LogP contribution in [0.1, 0.15) is 25.5 Å². The van der Waals surface area contributed by atoms with Gasteiger partial charge < -0.3 is 0 Å². The van der Waals surface area contributed by atoms with Crippen LogP contribution >= 0.6 is 0 Å². The van der Waals surface area contributed by atoms with E-state index in [1.165, 1.54) is 0 Å². The first-order valence-corrected chi connectivity index (χ1v) is 8.10. The minimum Gasteiger partial charge on any atom is -0.221 e. The molecule has 4 rings (SSSR count). The van der Waals surface area contributed by atoms with Crippen molar-refractivity contribution >= 4 is 0 Å². The van der Waals surface area contributed by atoms with Crippen molar-refractivity contribution < 1.29 is 0 Å². The van der Waals surface area contributed by atoms with Gasteiger partial charge in [-0.1, -0.05) is 36.4 Å². The molecule has 124 valence electrons. The maximum Gasteiger partial charge on any atom is 0.164 e. The third-order valence-corrected chi connectivity index (χ3v) is 4.14. The van der Waals surface area contributed by atoms with Crippen molar-refractivity contribution in [1.82, 2.24) is 29.5 Å². The van der Waals surface area contributed by atoms with E-state index in [1.54, 1.807) is 22.0 Å². The average Bonchev–Trinajstić information content (AvgIpc) is 3.34. The summed E-state index contributed by atoms with van der Waals surface area (Å²) in [7, 11) is 0. The monoisotopic (exact) mass is 330 g/mol. The van der Waals surface area contributed by atoms with E-state index in [2.05, 4.69) is 20.2 Å². The van der Waals surface area contributed by atoms with Crippen molar-refractivity contribution in [3.05, 3.63) is 85.0 Å². The number of hydrogen-bond acceptors (Lipinski definition) is 4. The Labute approximate surface area is 145 Å². The lowest BCUT2D eigenvalue weighted by Crippen LogP contribution is -2.23. The van der Waals surface area contributed by atoms with E-state index >= 15 is 0 Å². The molecule has 0 radical (unpaired) electrons. The van der Waals surface area contributed by atoms with Gasteiger partial charge in [-0.2, -0.15) is 10.2 Å². The standard InChI is InChI=1S/C19H18N6/c1-19(2,17-20-13-24(22-17)15-9-5-3-6-10-15)18-21-14-25(23-18)16-11-7-4-8-12-16/h3-14H,1-2H3. The van der Waals surface area contributed by atoms with Gasteiger partial charge in [-0.3, -0.25) is 0 Å². The maximum absolute atomic E-state index is 4.63. The lowest BCUT2D eigenvalue weighted by atomic mass is 9.92. The second-order valence-electron chi connectivity index (χ2n) is 6.32. The molecule has 0 saturated heterocycles. The zero-order valence-corrected chi connectivity index (χ0v) is 14.1. The Hall–Kier alpha value is -3.28. The first kappa shape index (κ1) is 15.3. The van der Waals surface area contributed by atoms with Crippen molar-refractivity contribution in [3.8, 4) is 11.4 Å². The minimum absolute atomic E-state index is 0.500. The predicted molar refractivity (Wildman–Crippen MR) is 94.8 cm³/mol. The van der Waals surface area contributed by atoms with Crippen molar-refractivity contribution in [1.29, 1.82) is 0 Å². The Morgan fingerprint density at radius 1 is 0.640 bits per heavy atom. The molecule has 0 aliphatic carbocycles. The molecule has 0 amide bonds. The molecule has 2 aromatic carbocycles. The molecule has 0 unspecified atom stereocenters. The van der Waals surface area contributed by atoms with E-state index in [9.17, 15) is 0 Å². The van der Waals surface area contributed by atoms with Crippen LogP contribution in [0.25, 0.3) is 11.4 Å². The second kappa shape index (κ2) is 5.98. The van der Waals surface area contributed by atoms with Crippen LogP contribution in [0, 0.1) is 0 Å². The molecule has 4 aromatic rings. The SMILES string of the molecule is CC(C)(c1ncn(-c2ccccc2)n1)c1ncn(-c2ccccc2)n1. The third kappa shape index (κ3) is 2.82. The lowest BCUT2D eigenvalue weighted by Gasteiger charge is -2.16. The van der Waals surface area contributed by atoms with Crippen LogP contribution in [0.3, 0.4) is 0 Å². The zero-order chi connectivity index (χ0) is 17.3. The largest absolute Gasteiger partial charge is 0.221 e. The van der Waals surface area contributed by atoms with E-state index in [-0.39, 0.29) is 0 Å². The molecule has 0 atom stereocenters. The van der Waals surface area contributed by atoms with Crippen molar-refractivity contribution in [2.75, 3.05) is 0 Å². The molecule has 2 heterocycles. The number of benzene rings is 2. The predicted octanol–water partition coefficient (Wildman–Crippen LogP) is 3.17. The van der Waals surface area contributed by atoms with Crippen molar-refractivity contribution in [2.45, 2.75) is 19.3 Å². The molecule has 0 bridgehead atoms. The highest BCUT2D eigenvalue weighted by Crippen LogP contribution is 2.26. The van der Waals surface area contributed by atoms with E-state index in [1.807, 2.05) is 74.5 Å². The van der Waals surface area contributed by atoms with Crippen LogP contribution < -0.4 is 0 Å². The normalized spacial score (nSPS) is 11.6. The number of hydrogen-bond donors (Lipinski definition) is 0. The first-order valence-electron chi connectivity index (χ1n) is 8.10. The van der Waals surface area contributed by atoms with Gasteiger partial charge in [-0.25, -0.2) is 19.3 Å². The first-order chi connectivity index (χ1) is 12.1. The van der Waals surface area contributed by atoms with Gasteiger partial charge in [0.05, 0.1) is 16.8 Å². The lowest BCUT2D eigenvalue weighted by molar-refractivity contribution is 0.546. The van der Waals surface area contributed by atoms with Crippen molar-refractivity contribution in [3.63, 3.8) is 0 Å². The molecule has 6 heteroatoms. The topological polar surface area (TPSA) is 61.4 Å². The summed E-state index contributed by atoms with van der Waals surface area (Å²) in [6.07, 6.45) is 3.45. The molecule has 0 aliphatic rings. The summed E-state index contributed by atoms with van der Waals surface area (Å²) in [6, 6.07) is 19.8. The fourth-order valence-electron chi connectivity index (χ4n) is 2.61. The van der Waals surface area contributed by atoms with E-state index in [4.69, 9.17) is 0 Å². The summed E-state index contributed by atoms with van der Waals surface area (Å²) in [6.45, 7) is 4.06.